The fraction of sp³-hybridized carbons (Fsp3) is 0.923. The maximum absolute atomic E-state index is 11.1. The van der Waals surface area contributed by atoms with Gasteiger partial charge in [-0.25, -0.2) is 0 Å². The second kappa shape index (κ2) is 4.46. The average molecular weight is 196 g/mol. The van der Waals surface area contributed by atoms with Crippen molar-refractivity contribution >= 4 is 6.29 Å². The van der Waals surface area contributed by atoms with Gasteiger partial charge in [0.1, 0.15) is 6.29 Å². The third-order valence-corrected chi connectivity index (χ3v) is 3.98. The molecule has 0 aromatic rings. The Morgan fingerprint density at radius 1 is 1.50 bits per heavy atom. The second-order valence-electron chi connectivity index (χ2n) is 5.67. The zero-order chi connectivity index (χ0) is 10.8. The molecule has 4 atom stereocenters. The molecule has 1 aliphatic rings. The van der Waals surface area contributed by atoms with Crippen LogP contribution in [0.1, 0.15) is 53.4 Å². The van der Waals surface area contributed by atoms with Gasteiger partial charge in [0.25, 0.3) is 0 Å². The lowest BCUT2D eigenvalue weighted by Gasteiger charge is -2.40. The Morgan fingerprint density at radius 2 is 2.14 bits per heavy atom. The van der Waals surface area contributed by atoms with Crippen molar-refractivity contribution in [2.24, 2.45) is 23.2 Å². The van der Waals surface area contributed by atoms with E-state index in [9.17, 15) is 4.79 Å². The minimum Gasteiger partial charge on any atom is -0.303 e. The smallest absolute Gasteiger partial charge is 0.125 e. The normalized spacial score (nSPS) is 40.6. The molecule has 0 heterocycles. The molecule has 0 radical (unpaired) electrons. The summed E-state index contributed by atoms with van der Waals surface area (Å²) in [7, 11) is 0. The molecule has 1 nitrogen and oxygen atoms in total. The number of hydrogen-bond donors (Lipinski definition) is 0. The van der Waals surface area contributed by atoms with E-state index in [2.05, 4.69) is 27.7 Å². The molecule has 0 spiro atoms. The summed E-state index contributed by atoms with van der Waals surface area (Å²) in [6.07, 6.45) is 5.95. The highest BCUT2D eigenvalue weighted by Gasteiger charge is 2.36. The zero-order valence-electron chi connectivity index (χ0n) is 10.0. The van der Waals surface area contributed by atoms with Crippen molar-refractivity contribution in [2.45, 2.75) is 53.4 Å². The van der Waals surface area contributed by atoms with Crippen molar-refractivity contribution in [2.75, 3.05) is 0 Å². The van der Waals surface area contributed by atoms with Crippen LogP contribution in [-0.2, 0) is 4.79 Å². The molecule has 1 fully saturated rings. The quantitative estimate of drug-likeness (QED) is 0.629. The van der Waals surface area contributed by atoms with Crippen LogP contribution in [0.4, 0.5) is 0 Å². The van der Waals surface area contributed by atoms with E-state index in [0.29, 0.717) is 0 Å². The summed E-state index contributed by atoms with van der Waals surface area (Å²) in [5.74, 6) is 2.26. The van der Waals surface area contributed by atoms with Gasteiger partial charge in [-0.15, -0.1) is 0 Å². The minimum absolute atomic E-state index is 0.0359. The highest BCUT2D eigenvalue weighted by molar-refractivity contribution is 5.58. The highest BCUT2D eigenvalue weighted by atomic mass is 16.1. The lowest BCUT2D eigenvalue weighted by molar-refractivity contribution is -0.119. The Balaban J connectivity index is 2.67. The Bertz CT molecular complexity index is 199. The van der Waals surface area contributed by atoms with E-state index in [0.717, 1.165) is 30.6 Å². The second-order valence-corrected chi connectivity index (χ2v) is 5.67. The van der Waals surface area contributed by atoms with Gasteiger partial charge >= 0.3 is 0 Å². The summed E-state index contributed by atoms with van der Waals surface area (Å²) in [6.45, 7) is 9.00. The first kappa shape index (κ1) is 11.7. The van der Waals surface area contributed by atoms with E-state index in [-0.39, 0.29) is 5.41 Å². The monoisotopic (exact) mass is 196 g/mol. The van der Waals surface area contributed by atoms with Crippen LogP contribution >= 0.6 is 0 Å². The van der Waals surface area contributed by atoms with Crippen molar-refractivity contribution in [1.82, 2.24) is 0 Å². The Morgan fingerprint density at radius 3 is 2.64 bits per heavy atom. The third kappa shape index (κ3) is 2.59. The van der Waals surface area contributed by atoms with Crippen molar-refractivity contribution in [3.8, 4) is 0 Å². The topological polar surface area (TPSA) is 17.1 Å². The summed E-state index contributed by atoms with van der Waals surface area (Å²) < 4.78 is 0. The van der Waals surface area contributed by atoms with Crippen LogP contribution in [0, 0.1) is 23.2 Å². The molecule has 1 saturated carbocycles. The molecule has 0 aromatic carbocycles. The minimum atomic E-state index is -0.0359. The first-order chi connectivity index (χ1) is 6.50. The predicted molar refractivity (Wildman–Crippen MR) is 60.1 cm³/mol. The molecule has 1 rings (SSSR count). The Labute approximate surface area is 88.3 Å². The molecular formula is C13H24O. The van der Waals surface area contributed by atoms with Gasteiger partial charge in [-0.2, -0.15) is 0 Å². The summed E-state index contributed by atoms with van der Waals surface area (Å²) >= 11 is 0. The van der Waals surface area contributed by atoms with E-state index in [1.54, 1.807) is 0 Å². The van der Waals surface area contributed by atoms with E-state index >= 15 is 0 Å². The van der Waals surface area contributed by atoms with Crippen LogP contribution < -0.4 is 0 Å². The zero-order valence-corrected chi connectivity index (χ0v) is 10.0. The van der Waals surface area contributed by atoms with Crippen LogP contribution in [-0.4, -0.2) is 6.29 Å². The molecule has 0 aliphatic heterocycles. The maximum Gasteiger partial charge on any atom is 0.125 e. The largest absolute Gasteiger partial charge is 0.303 e. The number of aldehydes is 1. The molecule has 0 N–H and O–H groups in total. The van der Waals surface area contributed by atoms with Gasteiger partial charge in [-0.05, 0) is 37.0 Å². The van der Waals surface area contributed by atoms with Crippen molar-refractivity contribution in [3.05, 3.63) is 0 Å². The van der Waals surface area contributed by atoms with Gasteiger partial charge in [0.2, 0.25) is 0 Å². The van der Waals surface area contributed by atoms with Crippen LogP contribution in [0.2, 0.25) is 0 Å². The Hall–Kier alpha value is -0.330. The van der Waals surface area contributed by atoms with Crippen LogP contribution in [0.25, 0.3) is 0 Å². The molecule has 0 amide bonds. The number of carbonyl (C=O) groups excluding carboxylic acids is 1. The van der Waals surface area contributed by atoms with Crippen LogP contribution in [0.5, 0.6) is 0 Å². The van der Waals surface area contributed by atoms with E-state index in [4.69, 9.17) is 0 Å². The van der Waals surface area contributed by atoms with Crippen LogP contribution in [0.3, 0.4) is 0 Å². The van der Waals surface area contributed by atoms with Crippen molar-refractivity contribution in [1.29, 1.82) is 0 Å². The van der Waals surface area contributed by atoms with E-state index in [1.807, 2.05) is 0 Å². The van der Waals surface area contributed by atoms with Gasteiger partial charge in [0.05, 0.1) is 0 Å². The fourth-order valence-electron chi connectivity index (χ4n) is 3.02. The molecular weight excluding hydrogens is 172 g/mol. The summed E-state index contributed by atoms with van der Waals surface area (Å²) in [6, 6.07) is 0. The molecule has 0 bridgehead atoms. The number of rotatable bonds is 3. The maximum atomic E-state index is 11.1. The summed E-state index contributed by atoms with van der Waals surface area (Å²) in [5, 5.41) is 0. The highest BCUT2D eigenvalue weighted by Crippen LogP contribution is 2.43. The number of hydrogen-bond acceptors (Lipinski definition) is 1. The van der Waals surface area contributed by atoms with Crippen molar-refractivity contribution in [3.63, 3.8) is 0 Å². The van der Waals surface area contributed by atoms with E-state index < -0.39 is 0 Å². The van der Waals surface area contributed by atoms with Crippen LogP contribution in [0.15, 0.2) is 0 Å². The molecule has 0 aromatic heterocycles. The van der Waals surface area contributed by atoms with Crippen molar-refractivity contribution < 1.29 is 4.79 Å². The first-order valence-corrected chi connectivity index (χ1v) is 5.97. The van der Waals surface area contributed by atoms with Gasteiger partial charge in [0, 0.05) is 5.41 Å². The lowest BCUT2D eigenvalue weighted by atomic mass is 9.64. The first-order valence-electron chi connectivity index (χ1n) is 5.97. The Kier molecular flexibility index (Phi) is 3.74. The predicted octanol–water partition coefficient (Wildman–Crippen LogP) is 3.67. The van der Waals surface area contributed by atoms with Gasteiger partial charge < -0.3 is 4.79 Å². The molecule has 82 valence electrons. The summed E-state index contributed by atoms with van der Waals surface area (Å²) in [4.78, 5) is 11.1. The SMILES string of the molecule is CCC(C)C1CC(C)CC(C)(C=O)C1. The van der Waals surface area contributed by atoms with Gasteiger partial charge in [0.15, 0.2) is 0 Å². The third-order valence-electron chi connectivity index (χ3n) is 3.98. The van der Waals surface area contributed by atoms with Gasteiger partial charge in [-0.1, -0.05) is 34.1 Å². The fourth-order valence-corrected chi connectivity index (χ4v) is 3.02. The number of carbonyl (C=O) groups is 1. The molecule has 14 heavy (non-hydrogen) atoms. The molecule has 0 saturated heterocycles. The standard InChI is InChI=1S/C13H24O/c1-5-11(3)12-6-10(2)7-13(4,8-12)9-14/h9-12H,5-8H2,1-4H3. The molecule has 1 aliphatic carbocycles. The average Bonchev–Trinajstić information content (AvgIpc) is 2.15. The van der Waals surface area contributed by atoms with Gasteiger partial charge in [-0.3, -0.25) is 0 Å². The summed E-state index contributed by atoms with van der Waals surface area (Å²) in [5.41, 5.74) is -0.0359. The molecule has 1 heteroatoms. The lowest BCUT2D eigenvalue weighted by Crippen LogP contribution is -2.33. The van der Waals surface area contributed by atoms with E-state index in [1.165, 1.54) is 19.1 Å². The molecule has 4 unspecified atom stereocenters.